The lowest BCUT2D eigenvalue weighted by molar-refractivity contribution is -0.285. The summed E-state index contributed by atoms with van der Waals surface area (Å²) < 4.78 is 76.9. The first-order chi connectivity index (χ1) is 8.71. The van der Waals surface area contributed by atoms with Crippen molar-refractivity contribution in [3.05, 3.63) is 0 Å². The number of hydrogen-bond acceptors (Lipinski definition) is 2. The number of alkyl halides is 6. The van der Waals surface area contributed by atoms with Crippen molar-refractivity contribution in [3.63, 3.8) is 0 Å². The van der Waals surface area contributed by atoms with Crippen LogP contribution in [0.25, 0.3) is 0 Å². The molecule has 0 aliphatic carbocycles. The van der Waals surface area contributed by atoms with Gasteiger partial charge in [-0.2, -0.15) is 17.6 Å². The summed E-state index contributed by atoms with van der Waals surface area (Å²) in [7, 11) is 0. The van der Waals surface area contributed by atoms with Crippen molar-refractivity contribution in [1.29, 1.82) is 0 Å². The van der Waals surface area contributed by atoms with Gasteiger partial charge in [0.05, 0.1) is 0 Å². The van der Waals surface area contributed by atoms with Gasteiger partial charge in [-0.05, 0) is 25.7 Å². The third-order valence-corrected chi connectivity index (χ3v) is 2.90. The largest absolute Gasteiger partial charge is 0.396 e. The highest BCUT2D eigenvalue weighted by molar-refractivity contribution is 4.92. The molecule has 0 aliphatic rings. The highest BCUT2D eigenvalue weighted by atomic mass is 19.3. The molecule has 0 aliphatic heterocycles. The molecule has 0 saturated heterocycles. The zero-order valence-corrected chi connectivity index (χ0v) is 10.3. The maximum absolute atomic E-state index is 13.5. The van der Waals surface area contributed by atoms with Crippen LogP contribution < -0.4 is 0 Å². The summed E-state index contributed by atoms with van der Waals surface area (Å²) >= 11 is 0. The van der Waals surface area contributed by atoms with Gasteiger partial charge in [0.2, 0.25) is 0 Å². The molecule has 19 heavy (non-hydrogen) atoms. The van der Waals surface area contributed by atoms with Gasteiger partial charge in [0.15, 0.2) is 0 Å². The molecule has 0 aromatic rings. The lowest BCUT2D eigenvalue weighted by Crippen LogP contribution is -2.51. The number of aliphatic hydroxyl groups is 2. The Hall–Kier alpha value is -0.500. The second-order valence-corrected chi connectivity index (χ2v) is 4.33. The van der Waals surface area contributed by atoms with Crippen LogP contribution in [0.1, 0.15) is 32.1 Å². The van der Waals surface area contributed by atoms with Gasteiger partial charge in [0.1, 0.15) is 0 Å². The van der Waals surface area contributed by atoms with Gasteiger partial charge in [-0.1, -0.05) is 6.42 Å². The van der Waals surface area contributed by atoms with Crippen LogP contribution in [0.3, 0.4) is 0 Å². The second-order valence-electron chi connectivity index (χ2n) is 4.33. The number of hydrogen-bond donors (Lipinski definition) is 2. The predicted octanol–water partition coefficient (Wildman–Crippen LogP) is 3.07. The van der Waals surface area contributed by atoms with Crippen molar-refractivity contribution >= 4 is 0 Å². The Morgan fingerprint density at radius 2 is 1.21 bits per heavy atom. The molecule has 0 bridgehead atoms. The number of unbranched alkanes of at least 4 members (excludes halogenated alkanes) is 1. The fraction of sp³-hybridized carbons (Fsp3) is 1.00. The second kappa shape index (κ2) is 7.94. The van der Waals surface area contributed by atoms with Gasteiger partial charge in [0.25, 0.3) is 0 Å². The van der Waals surface area contributed by atoms with Gasteiger partial charge in [-0.15, -0.1) is 0 Å². The smallest absolute Gasteiger partial charge is 0.369 e. The summed E-state index contributed by atoms with van der Waals surface area (Å²) in [5.41, 5.74) is 0. The Morgan fingerprint density at radius 3 is 1.63 bits per heavy atom. The van der Waals surface area contributed by atoms with Crippen molar-refractivity contribution in [2.45, 2.75) is 50.4 Å². The molecule has 1 unspecified atom stereocenters. The van der Waals surface area contributed by atoms with E-state index < -0.39 is 43.6 Å². The highest BCUT2D eigenvalue weighted by Crippen LogP contribution is 2.47. The quantitative estimate of drug-likeness (QED) is 0.480. The molecular formula is C11H18F6O2. The molecule has 0 radical (unpaired) electrons. The first-order valence-electron chi connectivity index (χ1n) is 5.97. The van der Waals surface area contributed by atoms with Crippen molar-refractivity contribution in [1.82, 2.24) is 0 Å². The lowest BCUT2D eigenvalue weighted by Gasteiger charge is -2.32. The average molecular weight is 296 g/mol. The minimum atomic E-state index is -5.40. The predicted molar refractivity (Wildman–Crippen MR) is 56.6 cm³/mol. The molecule has 0 saturated carbocycles. The SMILES string of the molecule is OCCCCC(CCCO)C(F)(F)C(F)(F)C(F)F. The van der Waals surface area contributed by atoms with E-state index in [9.17, 15) is 26.3 Å². The minimum Gasteiger partial charge on any atom is -0.396 e. The van der Waals surface area contributed by atoms with Gasteiger partial charge in [-0.25, -0.2) is 8.78 Å². The summed E-state index contributed by atoms with van der Waals surface area (Å²) in [4.78, 5) is 0. The number of rotatable bonds is 10. The lowest BCUT2D eigenvalue weighted by atomic mass is 9.87. The molecule has 116 valence electrons. The molecule has 0 fully saturated rings. The van der Waals surface area contributed by atoms with Gasteiger partial charge >= 0.3 is 18.3 Å². The van der Waals surface area contributed by atoms with E-state index in [4.69, 9.17) is 10.2 Å². The minimum absolute atomic E-state index is 0.0293. The fourth-order valence-electron chi connectivity index (χ4n) is 1.76. The third-order valence-electron chi connectivity index (χ3n) is 2.90. The van der Waals surface area contributed by atoms with E-state index in [0.29, 0.717) is 0 Å². The van der Waals surface area contributed by atoms with Gasteiger partial charge in [0, 0.05) is 19.1 Å². The molecule has 0 aromatic carbocycles. The third kappa shape index (κ3) is 4.83. The normalized spacial score (nSPS) is 15.0. The van der Waals surface area contributed by atoms with Crippen LogP contribution in [-0.2, 0) is 0 Å². The van der Waals surface area contributed by atoms with Crippen LogP contribution in [0.5, 0.6) is 0 Å². The standard InChI is InChI=1S/C11H18F6O2/c12-9(13)11(16,17)10(14,15)8(5-3-7-19)4-1-2-6-18/h8-9,18-19H,1-7H2. The van der Waals surface area contributed by atoms with E-state index in [1.54, 1.807) is 0 Å². The molecule has 2 nitrogen and oxygen atoms in total. The van der Waals surface area contributed by atoms with E-state index in [1.807, 2.05) is 0 Å². The highest BCUT2D eigenvalue weighted by Gasteiger charge is 2.65. The summed E-state index contributed by atoms with van der Waals surface area (Å²) in [5.74, 6) is -12.2. The van der Waals surface area contributed by atoms with E-state index >= 15 is 0 Å². The Kier molecular flexibility index (Phi) is 7.73. The monoisotopic (exact) mass is 296 g/mol. The molecule has 8 heteroatoms. The summed E-state index contributed by atoms with van der Waals surface area (Å²) in [5, 5.41) is 17.1. The molecular weight excluding hydrogens is 278 g/mol. The van der Waals surface area contributed by atoms with E-state index in [0.717, 1.165) is 0 Å². The maximum Gasteiger partial charge on any atom is 0.369 e. The molecule has 0 aromatic heterocycles. The molecule has 0 amide bonds. The maximum atomic E-state index is 13.5. The van der Waals surface area contributed by atoms with Crippen molar-refractivity contribution in [3.8, 4) is 0 Å². The van der Waals surface area contributed by atoms with Crippen LogP contribution in [0.4, 0.5) is 26.3 Å². The van der Waals surface area contributed by atoms with E-state index in [2.05, 4.69) is 0 Å². The van der Waals surface area contributed by atoms with Crippen LogP contribution in [0, 0.1) is 5.92 Å². The summed E-state index contributed by atoms with van der Waals surface area (Å²) in [6, 6.07) is 0. The molecule has 2 N–H and O–H groups in total. The van der Waals surface area contributed by atoms with Crippen molar-refractivity contribution in [2.75, 3.05) is 13.2 Å². The fourth-order valence-corrected chi connectivity index (χ4v) is 1.76. The Balaban J connectivity index is 4.87. The van der Waals surface area contributed by atoms with Crippen LogP contribution in [0.15, 0.2) is 0 Å². The molecule has 0 spiro atoms. The van der Waals surface area contributed by atoms with Gasteiger partial charge < -0.3 is 10.2 Å². The molecule has 0 rings (SSSR count). The first-order valence-corrected chi connectivity index (χ1v) is 5.97. The zero-order chi connectivity index (χ0) is 15.1. The first kappa shape index (κ1) is 18.5. The Labute approximate surface area is 107 Å². The summed E-state index contributed by atoms with van der Waals surface area (Å²) in [6.07, 6.45) is -5.34. The van der Waals surface area contributed by atoms with E-state index in [-0.39, 0.29) is 25.9 Å². The van der Waals surface area contributed by atoms with Crippen LogP contribution in [-0.4, -0.2) is 41.7 Å². The molecule has 1 atom stereocenters. The Bertz CT molecular complexity index is 247. The van der Waals surface area contributed by atoms with Crippen LogP contribution >= 0.6 is 0 Å². The van der Waals surface area contributed by atoms with Crippen molar-refractivity contribution < 1.29 is 36.6 Å². The zero-order valence-electron chi connectivity index (χ0n) is 10.3. The Morgan fingerprint density at radius 1 is 0.737 bits per heavy atom. The van der Waals surface area contributed by atoms with Crippen molar-refractivity contribution in [2.24, 2.45) is 5.92 Å². The topological polar surface area (TPSA) is 40.5 Å². The average Bonchev–Trinajstić information content (AvgIpc) is 2.32. The number of aliphatic hydroxyl groups excluding tert-OH is 2. The molecule has 0 heterocycles. The summed E-state index contributed by atoms with van der Waals surface area (Å²) in [6.45, 7) is -0.767. The van der Waals surface area contributed by atoms with E-state index in [1.165, 1.54) is 0 Å². The van der Waals surface area contributed by atoms with Crippen LogP contribution in [0.2, 0.25) is 0 Å². The van der Waals surface area contributed by atoms with Gasteiger partial charge in [-0.3, -0.25) is 0 Å². The number of halogens is 6.